The van der Waals surface area contributed by atoms with Gasteiger partial charge >= 0.3 is 0 Å². The van der Waals surface area contributed by atoms with Gasteiger partial charge in [-0.25, -0.2) is 8.42 Å². The molecule has 0 aromatic carbocycles. The lowest BCUT2D eigenvalue weighted by molar-refractivity contribution is 0.592. The number of hydrogen-bond donors (Lipinski definition) is 1. The molecule has 0 amide bonds. The van der Waals surface area contributed by atoms with E-state index in [9.17, 15) is 8.42 Å². The molecular weight excluding hydrogens is 242 g/mol. The van der Waals surface area contributed by atoms with E-state index in [-0.39, 0.29) is 5.75 Å². The zero-order chi connectivity index (χ0) is 11.2. The van der Waals surface area contributed by atoms with Crippen molar-refractivity contribution in [3.63, 3.8) is 0 Å². The molecule has 1 saturated heterocycles. The third kappa shape index (κ3) is 1.92. The van der Waals surface area contributed by atoms with Crippen molar-refractivity contribution in [3.8, 4) is 0 Å². The summed E-state index contributed by atoms with van der Waals surface area (Å²) in [5.41, 5.74) is 1.06. The highest BCUT2D eigenvalue weighted by atomic mass is 32.2. The molecule has 0 saturated carbocycles. The lowest BCUT2D eigenvalue weighted by Gasteiger charge is -2.10. The molecule has 0 radical (unpaired) electrons. The molecule has 2 aliphatic heterocycles. The maximum absolute atomic E-state index is 11.5. The quantitative estimate of drug-likeness (QED) is 0.832. The van der Waals surface area contributed by atoms with Gasteiger partial charge in [-0.3, -0.25) is 0 Å². The van der Waals surface area contributed by atoms with Crippen LogP contribution < -0.4 is 5.32 Å². The van der Waals surface area contributed by atoms with Crippen LogP contribution in [0.2, 0.25) is 0 Å². The van der Waals surface area contributed by atoms with Crippen LogP contribution in [0.25, 0.3) is 0 Å². The molecule has 1 fully saturated rings. The molecule has 3 heterocycles. The summed E-state index contributed by atoms with van der Waals surface area (Å²) in [6.07, 6.45) is 3.13. The summed E-state index contributed by atoms with van der Waals surface area (Å²) in [7, 11) is -2.82. The van der Waals surface area contributed by atoms with Crippen LogP contribution in [0.3, 0.4) is 0 Å². The Balaban J connectivity index is 1.92. The molecular formula is C11H15NO2S2. The van der Waals surface area contributed by atoms with E-state index in [1.807, 2.05) is 0 Å². The van der Waals surface area contributed by atoms with Gasteiger partial charge in [0.15, 0.2) is 9.84 Å². The van der Waals surface area contributed by atoms with Crippen LogP contribution in [0.15, 0.2) is 6.07 Å². The van der Waals surface area contributed by atoms with Gasteiger partial charge in [0.25, 0.3) is 0 Å². The Morgan fingerprint density at radius 1 is 1.44 bits per heavy atom. The Morgan fingerprint density at radius 3 is 3.06 bits per heavy atom. The van der Waals surface area contributed by atoms with Crippen molar-refractivity contribution in [1.29, 1.82) is 0 Å². The third-order valence-electron chi connectivity index (χ3n) is 3.33. The number of sulfone groups is 1. The first-order valence-electron chi connectivity index (χ1n) is 5.69. The molecule has 0 bridgehead atoms. The molecule has 88 valence electrons. The molecule has 0 aliphatic carbocycles. The maximum atomic E-state index is 11.5. The van der Waals surface area contributed by atoms with Crippen LogP contribution in [0, 0.1) is 0 Å². The SMILES string of the molecule is O=S1(=O)CCc2sc(C3CCCN3)cc2C1. The predicted octanol–water partition coefficient (Wildman–Crippen LogP) is 1.64. The third-order valence-corrected chi connectivity index (χ3v) is 6.26. The van der Waals surface area contributed by atoms with Crippen molar-refractivity contribution in [2.24, 2.45) is 0 Å². The standard InChI is InChI=1S/C11H15NO2S2/c13-16(14)5-3-10-8(7-16)6-11(15-10)9-2-1-4-12-9/h6,9,12H,1-5,7H2. The summed E-state index contributed by atoms with van der Waals surface area (Å²) in [5, 5.41) is 3.46. The van der Waals surface area contributed by atoms with Crippen LogP contribution >= 0.6 is 11.3 Å². The number of aryl methyl sites for hydroxylation is 1. The average molecular weight is 257 g/mol. The van der Waals surface area contributed by atoms with Crippen LogP contribution in [-0.4, -0.2) is 20.7 Å². The van der Waals surface area contributed by atoms with E-state index in [1.54, 1.807) is 11.3 Å². The maximum Gasteiger partial charge on any atom is 0.154 e. The van der Waals surface area contributed by atoms with E-state index in [0.717, 1.165) is 18.5 Å². The van der Waals surface area contributed by atoms with Crippen molar-refractivity contribution in [3.05, 3.63) is 21.4 Å². The van der Waals surface area contributed by atoms with Gasteiger partial charge in [0.2, 0.25) is 0 Å². The minimum absolute atomic E-state index is 0.256. The lowest BCUT2D eigenvalue weighted by atomic mass is 10.1. The fourth-order valence-corrected chi connectivity index (χ4v) is 5.39. The van der Waals surface area contributed by atoms with E-state index in [0.29, 0.717) is 11.8 Å². The first kappa shape index (κ1) is 10.7. The summed E-state index contributed by atoms with van der Waals surface area (Å²) >= 11 is 1.81. The Hall–Kier alpha value is -0.390. The molecule has 2 aliphatic rings. The Labute approximate surface area is 99.8 Å². The smallest absolute Gasteiger partial charge is 0.154 e. The van der Waals surface area contributed by atoms with Crippen LogP contribution in [0.4, 0.5) is 0 Å². The highest BCUT2D eigenvalue weighted by molar-refractivity contribution is 7.90. The monoisotopic (exact) mass is 257 g/mol. The summed E-state index contributed by atoms with van der Waals surface area (Å²) < 4.78 is 23.1. The van der Waals surface area contributed by atoms with Gasteiger partial charge in [-0.15, -0.1) is 11.3 Å². The zero-order valence-corrected chi connectivity index (χ0v) is 10.7. The molecule has 1 aromatic rings. The summed E-state index contributed by atoms with van der Waals surface area (Å²) in [6, 6.07) is 2.58. The van der Waals surface area contributed by atoms with Gasteiger partial charge in [-0.2, -0.15) is 0 Å². The van der Waals surface area contributed by atoms with Crippen molar-refractivity contribution in [1.82, 2.24) is 5.32 Å². The molecule has 3 nitrogen and oxygen atoms in total. The van der Waals surface area contributed by atoms with Crippen molar-refractivity contribution < 1.29 is 8.42 Å². The summed E-state index contributed by atoms with van der Waals surface area (Å²) in [4.78, 5) is 2.62. The first-order chi connectivity index (χ1) is 7.64. The van der Waals surface area contributed by atoms with Crippen LogP contribution in [0.1, 0.15) is 34.2 Å². The molecule has 16 heavy (non-hydrogen) atoms. The Bertz CT molecular complexity index is 498. The van der Waals surface area contributed by atoms with Crippen LogP contribution in [0.5, 0.6) is 0 Å². The molecule has 1 aromatic heterocycles. The molecule has 0 spiro atoms. The normalized spacial score (nSPS) is 27.9. The number of thiophene rings is 1. The van der Waals surface area contributed by atoms with E-state index in [4.69, 9.17) is 0 Å². The average Bonchev–Trinajstić information content (AvgIpc) is 2.81. The van der Waals surface area contributed by atoms with Gasteiger partial charge in [-0.05, 0) is 37.4 Å². The van der Waals surface area contributed by atoms with E-state index in [1.165, 1.54) is 22.6 Å². The fourth-order valence-electron chi connectivity index (χ4n) is 2.48. The highest BCUT2D eigenvalue weighted by Gasteiger charge is 2.26. The van der Waals surface area contributed by atoms with E-state index >= 15 is 0 Å². The van der Waals surface area contributed by atoms with Crippen molar-refractivity contribution in [2.75, 3.05) is 12.3 Å². The molecule has 5 heteroatoms. The minimum Gasteiger partial charge on any atom is -0.309 e. The molecule has 1 atom stereocenters. The van der Waals surface area contributed by atoms with E-state index < -0.39 is 9.84 Å². The number of hydrogen-bond acceptors (Lipinski definition) is 4. The zero-order valence-electron chi connectivity index (χ0n) is 9.03. The highest BCUT2D eigenvalue weighted by Crippen LogP contribution is 2.35. The lowest BCUT2D eigenvalue weighted by Crippen LogP contribution is -2.16. The van der Waals surface area contributed by atoms with Gasteiger partial charge in [0, 0.05) is 15.8 Å². The Kier molecular flexibility index (Phi) is 2.57. The summed E-state index contributed by atoms with van der Waals surface area (Å²) in [5.74, 6) is 0.587. The predicted molar refractivity (Wildman–Crippen MR) is 65.5 cm³/mol. The minimum atomic E-state index is -2.82. The van der Waals surface area contributed by atoms with E-state index in [2.05, 4.69) is 11.4 Å². The summed E-state index contributed by atoms with van der Waals surface area (Å²) in [6.45, 7) is 1.09. The topological polar surface area (TPSA) is 46.2 Å². The molecule has 1 N–H and O–H groups in total. The molecule has 1 unspecified atom stereocenters. The second kappa shape index (κ2) is 3.82. The largest absolute Gasteiger partial charge is 0.309 e. The van der Waals surface area contributed by atoms with Gasteiger partial charge in [-0.1, -0.05) is 0 Å². The second-order valence-corrected chi connectivity index (χ2v) is 7.94. The molecule has 3 rings (SSSR count). The first-order valence-corrected chi connectivity index (χ1v) is 8.33. The van der Waals surface area contributed by atoms with Crippen LogP contribution in [-0.2, 0) is 22.0 Å². The number of nitrogens with one attached hydrogen (secondary N) is 1. The second-order valence-electron chi connectivity index (χ2n) is 4.59. The van der Waals surface area contributed by atoms with Gasteiger partial charge in [0.05, 0.1) is 11.5 Å². The number of fused-ring (bicyclic) bond motifs is 1. The van der Waals surface area contributed by atoms with Gasteiger partial charge in [0.1, 0.15) is 0 Å². The van der Waals surface area contributed by atoms with Crippen molar-refractivity contribution >= 4 is 21.2 Å². The van der Waals surface area contributed by atoms with Crippen molar-refractivity contribution in [2.45, 2.75) is 31.1 Å². The number of rotatable bonds is 1. The fraction of sp³-hybridized carbons (Fsp3) is 0.636. The van der Waals surface area contributed by atoms with Gasteiger partial charge < -0.3 is 5.32 Å². The Morgan fingerprint density at radius 2 is 2.31 bits per heavy atom.